The average Bonchev–Trinajstić information content (AvgIpc) is 3.28. The van der Waals surface area contributed by atoms with Crippen LogP contribution >= 0.6 is 0 Å². The average molecular weight is 879 g/mol. The van der Waals surface area contributed by atoms with E-state index in [4.69, 9.17) is 14.2 Å². The monoisotopic (exact) mass is 879 g/mol. The van der Waals surface area contributed by atoms with Crippen LogP contribution in [0.4, 0.5) is 0 Å². The Bertz CT molecular complexity index is 1190. The Hall–Kier alpha value is -3.15. The van der Waals surface area contributed by atoms with Crippen LogP contribution in [0.15, 0.2) is 72.9 Å². The number of hydrogen-bond donors (Lipinski definition) is 0. The lowest BCUT2D eigenvalue weighted by Crippen LogP contribution is -2.30. The van der Waals surface area contributed by atoms with Crippen molar-refractivity contribution in [3.05, 3.63) is 72.9 Å². The number of rotatable bonds is 47. The molecule has 362 valence electrons. The molecule has 0 fully saturated rings. The van der Waals surface area contributed by atoms with Gasteiger partial charge in [-0.1, -0.05) is 216 Å². The highest BCUT2D eigenvalue weighted by molar-refractivity contribution is 5.71. The SMILES string of the molecule is CC/C=C/C/C=C/C/C=C/CCCCCCCC(=O)O[C@@H](COC(=O)CCCCCC/C=C/C/C=C/C/C=C/CCCCC)COC(=O)CCCCCCCCCCCCCCC. The number of carbonyl (C=O) groups excluding carboxylic acids is 3. The lowest BCUT2D eigenvalue weighted by molar-refractivity contribution is -0.167. The van der Waals surface area contributed by atoms with Crippen LogP contribution in [-0.2, 0) is 28.6 Å². The van der Waals surface area contributed by atoms with Crippen LogP contribution in [0.2, 0.25) is 0 Å². The first-order valence-corrected chi connectivity index (χ1v) is 26.4. The van der Waals surface area contributed by atoms with Gasteiger partial charge in [0.05, 0.1) is 0 Å². The van der Waals surface area contributed by atoms with E-state index < -0.39 is 6.10 Å². The van der Waals surface area contributed by atoms with Crippen molar-refractivity contribution in [1.82, 2.24) is 0 Å². The molecule has 0 aromatic heterocycles. The van der Waals surface area contributed by atoms with Gasteiger partial charge < -0.3 is 14.2 Å². The molecule has 0 aliphatic carbocycles. The van der Waals surface area contributed by atoms with Crippen LogP contribution in [-0.4, -0.2) is 37.2 Å². The lowest BCUT2D eigenvalue weighted by Gasteiger charge is -2.18. The molecule has 6 nitrogen and oxygen atoms in total. The van der Waals surface area contributed by atoms with Crippen molar-refractivity contribution in [3.8, 4) is 0 Å². The van der Waals surface area contributed by atoms with Crippen LogP contribution in [0, 0.1) is 0 Å². The molecule has 0 amide bonds. The van der Waals surface area contributed by atoms with Crippen LogP contribution in [0.5, 0.6) is 0 Å². The quantitative estimate of drug-likeness (QED) is 0.0262. The molecule has 0 aliphatic rings. The molecule has 0 N–H and O–H groups in total. The number of allylic oxidation sites excluding steroid dienone is 12. The smallest absolute Gasteiger partial charge is 0.306 e. The van der Waals surface area contributed by atoms with Gasteiger partial charge in [-0.25, -0.2) is 0 Å². The highest BCUT2D eigenvalue weighted by atomic mass is 16.6. The summed E-state index contributed by atoms with van der Waals surface area (Å²) in [5.41, 5.74) is 0. The third-order valence-electron chi connectivity index (χ3n) is 11.2. The molecule has 0 bridgehead atoms. The highest BCUT2D eigenvalue weighted by Gasteiger charge is 2.19. The first-order chi connectivity index (χ1) is 31.0. The maximum absolute atomic E-state index is 12.8. The van der Waals surface area contributed by atoms with E-state index in [0.717, 1.165) is 122 Å². The summed E-state index contributed by atoms with van der Waals surface area (Å²) in [5.74, 6) is -0.924. The first kappa shape index (κ1) is 59.9. The molecule has 0 rings (SSSR count). The minimum atomic E-state index is -0.792. The zero-order chi connectivity index (χ0) is 45.8. The number of ether oxygens (including phenoxy) is 3. The van der Waals surface area contributed by atoms with Crippen LogP contribution in [0.25, 0.3) is 0 Å². The van der Waals surface area contributed by atoms with E-state index in [2.05, 4.69) is 93.7 Å². The maximum atomic E-state index is 12.8. The predicted molar refractivity (Wildman–Crippen MR) is 270 cm³/mol. The Morgan fingerprint density at radius 1 is 0.333 bits per heavy atom. The minimum absolute atomic E-state index is 0.0883. The predicted octanol–water partition coefficient (Wildman–Crippen LogP) is 17.4. The van der Waals surface area contributed by atoms with Gasteiger partial charge in [-0.2, -0.15) is 0 Å². The fourth-order valence-corrected chi connectivity index (χ4v) is 7.23. The fourth-order valence-electron chi connectivity index (χ4n) is 7.23. The molecule has 0 spiro atoms. The third-order valence-corrected chi connectivity index (χ3v) is 11.2. The summed E-state index contributed by atoms with van der Waals surface area (Å²) in [6, 6.07) is 0. The molecule has 0 aliphatic heterocycles. The van der Waals surface area contributed by atoms with Crippen LogP contribution < -0.4 is 0 Å². The Morgan fingerprint density at radius 2 is 0.619 bits per heavy atom. The van der Waals surface area contributed by atoms with Crippen molar-refractivity contribution in [2.45, 2.75) is 258 Å². The second-order valence-electron chi connectivity index (χ2n) is 17.4. The molecular weight excluding hydrogens is 781 g/mol. The molecule has 1 atom stereocenters. The van der Waals surface area contributed by atoms with Gasteiger partial charge in [-0.3, -0.25) is 14.4 Å². The van der Waals surface area contributed by atoms with Gasteiger partial charge in [0, 0.05) is 19.3 Å². The molecule has 0 saturated heterocycles. The Labute approximate surface area is 389 Å². The van der Waals surface area contributed by atoms with Crippen molar-refractivity contribution >= 4 is 17.9 Å². The van der Waals surface area contributed by atoms with E-state index in [0.29, 0.717) is 19.3 Å². The van der Waals surface area contributed by atoms with Crippen LogP contribution in [0.1, 0.15) is 252 Å². The zero-order valence-corrected chi connectivity index (χ0v) is 41.3. The number of unbranched alkanes of at least 4 members (excludes halogenated alkanes) is 24. The molecule has 6 heteroatoms. The molecule has 0 heterocycles. The molecule has 63 heavy (non-hydrogen) atoms. The second kappa shape index (κ2) is 51.5. The van der Waals surface area contributed by atoms with Gasteiger partial charge in [0.1, 0.15) is 13.2 Å². The van der Waals surface area contributed by atoms with Crippen molar-refractivity contribution in [2.75, 3.05) is 13.2 Å². The molecule has 0 aromatic carbocycles. The third kappa shape index (κ3) is 49.7. The molecule has 0 radical (unpaired) electrons. The molecule has 0 unspecified atom stereocenters. The van der Waals surface area contributed by atoms with Crippen molar-refractivity contribution < 1.29 is 28.6 Å². The number of carbonyl (C=O) groups is 3. The van der Waals surface area contributed by atoms with E-state index in [1.165, 1.54) is 89.9 Å². The Morgan fingerprint density at radius 3 is 1.00 bits per heavy atom. The standard InChI is InChI=1S/C57H98O6/c1-4-7-10-13-16-19-22-25-27-28-30-32-35-38-41-44-47-50-56(59)62-53-54(52-61-55(58)49-46-43-40-37-34-31-24-21-18-15-12-9-6-3)63-57(60)51-48-45-42-39-36-33-29-26-23-20-17-14-11-8-5-2/h8,11,16-17,19-20,25-27,29-30,32,54H,4-7,9-10,12-15,18,21-24,28,31,33-53H2,1-3H3/b11-8+,19-16+,20-17+,27-25+,29-26+,32-30+/t54-/m1/s1. The zero-order valence-electron chi connectivity index (χ0n) is 41.3. The van der Waals surface area contributed by atoms with E-state index in [1.54, 1.807) is 0 Å². The largest absolute Gasteiger partial charge is 0.462 e. The first-order valence-electron chi connectivity index (χ1n) is 26.4. The van der Waals surface area contributed by atoms with Crippen molar-refractivity contribution in [1.29, 1.82) is 0 Å². The van der Waals surface area contributed by atoms with Gasteiger partial charge in [0.2, 0.25) is 0 Å². The van der Waals surface area contributed by atoms with E-state index in [-0.39, 0.29) is 31.1 Å². The Kier molecular flexibility index (Phi) is 48.9. The van der Waals surface area contributed by atoms with E-state index >= 15 is 0 Å². The normalized spacial score (nSPS) is 12.6. The topological polar surface area (TPSA) is 78.9 Å². The summed E-state index contributed by atoms with van der Waals surface area (Å²) < 4.78 is 16.8. The van der Waals surface area contributed by atoms with Crippen LogP contribution in [0.3, 0.4) is 0 Å². The summed E-state index contributed by atoms with van der Waals surface area (Å²) in [6.45, 7) is 6.47. The molecular formula is C57H98O6. The van der Waals surface area contributed by atoms with Crippen molar-refractivity contribution in [3.63, 3.8) is 0 Å². The van der Waals surface area contributed by atoms with Gasteiger partial charge >= 0.3 is 17.9 Å². The summed E-state index contributed by atoms with van der Waals surface area (Å²) in [6.07, 6.45) is 64.5. The molecule has 0 aromatic rings. The summed E-state index contributed by atoms with van der Waals surface area (Å²) in [4.78, 5) is 38.0. The van der Waals surface area contributed by atoms with Gasteiger partial charge in [0.25, 0.3) is 0 Å². The van der Waals surface area contributed by atoms with Gasteiger partial charge in [0.15, 0.2) is 6.10 Å². The number of esters is 3. The summed E-state index contributed by atoms with van der Waals surface area (Å²) in [7, 11) is 0. The maximum Gasteiger partial charge on any atom is 0.306 e. The minimum Gasteiger partial charge on any atom is -0.462 e. The summed E-state index contributed by atoms with van der Waals surface area (Å²) >= 11 is 0. The van der Waals surface area contributed by atoms with Crippen molar-refractivity contribution in [2.24, 2.45) is 0 Å². The molecule has 0 saturated carbocycles. The van der Waals surface area contributed by atoms with Gasteiger partial charge in [-0.05, 0) is 89.9 Å². The van der Waals surface area contributed by atoms with E-state index in [9.17, 15) is 14.4 Å². The highest BCUT2D eigenvalue weighted by Crippen LogP contribution is 2.15. The van der Waals surface area contributed by atoms with Gasteiger partial charge in [-0.15, -0.1) is 0 Å². The lowest BCUT2D eigenvalue weighted by atomic mass is 10.0. The summed E-state index contributed by atoms with van der Waals surface area (Å²) in [5, 5.41) is 0. The number of hydrogen-bond acceptors (Lipinski definition) is 6. The van der Waals surface area contributed by atoms with E-state index in [1.807, 2.05) is 0 Å². The Balaban J connectivity index is 4.44. The second-order valence-corrected chi connectivity index (χ2v) is 17.4. The fraction of sp³-hybridized carbons (Fsp3) is 0.737.